The van der Waals surface area contributed by atoms with E-state index < -0.39 is 90.2 Å². The highest BCUT2D eigenvalue weighted by Crippen LogP contribution is 2.35. The summed E-state index contributed by atoms with van der Waals surface area (Å²) in [5.41, 5.74) is 10.8. The molecule has 334 valence electrons. The van der Waals surface area contributed by atoms with E-state index in [1.54, 1.807) is 0 Å². The highest BCUT2D eigenvalue weighted by atomic mass is 19.4. The molecule has 0 spiro atoms. The van der Waals surface area contributed by atoms with Crippen LogP contribution in [0.2, 0.25) is 0 Å². The number of hydrogen-bond donors (Lipinski definition) is 9. The van der Waals surface area contributed by atoms with Crippen LogP contribution in [0, 0.1) is 0 Å². The van der Waals surface area contributed by atoms with E-state index in [4.69, 9.17) is 30.4 Å². The molecule has 4 heterocycles. The zero-order valence-corrected chi connectivity index (χ0v) is 32.7. The van der Waals surface area contributed by atoms with Crippen LogP contribution in [0.5, 0.6) is 5.75 Å². The first-order chi connectivity index (χ1) is 29.0. The predicted octanol–water partition coefficient (Wildman–Crippen LogP) is -1.45. The van der Waals surface area contributed by atoms with Gasteiger partial charge in [0.1, 0.15) is 60.6 Å². The molecule has 22 heteroatoms. The van der Waals surface area contributed by atoms with Gasteiger partial charge in [0.15, 0.2) is 12.5 Å². The number of alkyl halides is 3. The first-order valence-corrected chi connectivity index (χ1v) is 19.7. The number of amides is 2. The van der Waals surface area contributed by atoms with E-state index in [0.717, 1.165) is 40.2 Å². The van der Waals surface area contributed by atoms with Gasteiger partial charge < -0.3 is 66.4 Å². The van der Waals surface area contributed by atoms with Crippen molar-refractivity contribution in [2.24, 2.45) is 11.5 Å². The van der Waals surface area contributed by atoms with Gasteiger partial charge in [0, 0.05) is 63.4 Å². The van der Waals surface area contributed by atoms with Crippen LogP contribution < -0.4 is 43.0 Å². The van der Waals surface area contributed by atoms with Crippen LogP contribution in [0.15, 0.2) is 70.4 Å². The normalized spacial score (nSPS) is 26.9. The number of carbonyl (C=O) groups excluding carboxylic acids is 2. The Morgan fingerprint density at radius 2 is 1.62 bits per heavy atom. The summed E-state index contributed by atoms with van der Waals surface area (Å²) < 4.78 is 62.7. The minimum absolute atomic E-state index is 0.00203. The number of nitrogens with two attached hydrogens (primary N) is 2. The second-order valence-corrected chi connectivity index (χ2v) is 15.1. The monoisotopic (exact) mass is 865 g/mol. The Hall–Kier alpha value is -4.91. The zero-order valence-electron chi connectivity index (χ0n) is 32.7. The molecule has 2 aromatic carbocycles. The molecule has 0 bridgehead atoms. The van der Waals surface area contributed by atoms with Crippen molar-refractivity contribution in [1.82, 2.24) is 20.2 Å². The lowest BCUT2D eigenvalue weighted by Gasteiger charge is -2.34. The van der Waals surface area contributed by atoms with Crippen molar-refractivity contribution in [3.63, 3.8) is 0 Å². The lowest BCUT2D eigenvalue weighted by molar-refractivity contribution is -0.226. The van der Waals surface area contributed by atoms with Gasteiger partial charge in [-0.05, 0) is 54.9 Å². The number of nitrogens with one attached hydrogen (secondary N) is 3. The van der Waals surface area contributed by atoms with Gasteiger partial charge >= 0.3 is 11.9 Å². The predicted molar refractivity (Wildman–Crippen MR) is 208 cm³/mol. The van der Waals surface area contributed by atoms with Crippen molar-refractivity contribution in [3.8, 4) is 5.75 Å². The topological polar surface area (TPSA) is 286 Å². The molecule has 3 aromatic rings. The number of aliphatic hydroxyl groups is 4. The third-order valence-corrected chi connectivity index (χ3v) is 10.9. The standard InChI is InChI=1S/C39H50F3N7O12/c40-39(41,42)21-5-9-23(10-6-21)58-24-11-15-48(16-12-24)22-7-3-20(4-8-22)19-46-26(50)2-1-14-45-28(35(44)56)33(61-37-32(55)29(52)25(18-43)59-37)34-30(53)31(54)36(60-34)49-17-13-27(51)47-38(49)57/h3-10,13,17,24-25,28-34,36-37,45,52-55H,1-2,11-12,14-16,18-19,43H2,(H2,44,56)(H,46,50)(H,47,51,57). The molecule has 3 aliphatic heterocycles. The van der Waals surface area contributed by atoms with Crippen LogP contribution in [0.1, 0.15) is 43.0 Å². The number of aliphatic hydroxyl groups excluding tert-OH is 4. The number of nitrogens with zero attached hydrogens (tertiary/aromatic N) is 2. The summed E-state index contributed by atoms with van der Waals surface area (Å²) in [5.74, 6) is -0.938. The molecular weight excluding hydrogens is 815 g/mol. The molecule has 3 aliphatic rings. The summed E-state index contributed by atoms with van der Waals surface area (Å²) in [4.78, 5) is 54.0. The van der Waals surface area contributed by atoms with E-state index in [1.807, 2.05) is 29.2 Å². The zero-order chi connectivity index (χ0) is 44.0. The van der Waals surface area contributed by atoms with Gasteiger partial charge in [0.05, 0.1) is 5.56 Å². The maximum atomic E-state index is 12.9. The first-order valence-electron chi connectivity index (χ1n) is 19.7. The summed E-state index contributed by atoms with van der Waals surface area (Å²) in [6, 6.07) is 11.8. The Labute approximate surface area is 346 Å². The number of ether oxygens (including phenoxy) is 4. The average Bonchev–Trinajstić information content (AvgIpc) is 3.68. The molecule has 10 unspecified atom stereocenters. The summed E-state index contributed by atoms with van der Waals surface area (Å²) in [6.45, 7) is 1.39. The molecule has 61 heavy (non-hydrogen) atoms. The van der Waals surface area contributed by atoms with Crippen molar-refractivity contribution < 1.29 is 62.1 Å². The van der Waals surface area contributed by atoms with E-state index in [-0.39, 0.29) is 44.5 Å². The first kappa shape index (κ1) is 45.6. The Kier molecular flexibility index (Phi) is 14.8. The molecule has 0 radical (unpaired) electrons. The number of primary amides is 1. The quantitative estimate of drug-likeness (QED) is 0.0703. The Balaban J connectivity index is 0.992. The maximum absolute atomic E-state index is 12.9. The SMILES string of the molecule is NCC1OC(OC(C(NCCCC(=O)NCc2ccc(N3CCC(Oc4ccc(C(F)(F)F)cc4)CC3)cc2)C(N)=O)C2OC(n3ccc(=O)[nH]c3=O)C(O)C2O)C(O)C1O. The second kappa shape index (κ2) is 19.9. The highest BCUT2D eigenvalue weighted by Gasteiger charge is 2.53. The maximum Gasteiger partial charge on any atom is 0.416 e. The Morgan fingerprint density at radius 1 is 0.934 bits per heavy atom. The largest absolute Gasteiger partial charge is 0.490 e. The van der Waals surface area contributed by atoms with E-state index in [2.05, 4.69) is 15.5 Å². The molecule has 0 saturated carbocycles. The van der Waals surface area contributed by atoms with E-state index in [9.17, 15) is 52.8 Å². The molecule has 1 aromatic heterocycles. The van der Waals surface area contributed by atoms with Gasteiger partial charge in [0.2, 0.25) is 11.8 Å². The molecule has 10 atom stereocenters. The highest BCUT2D eigenvalue weighted by molar-refractivity contribution is 5.80. The van der Waals surface area contributed by atoms with Crippen molar-refractivity contribution in [2.45, 2.75) is 106 Å². The third kappa shape index (κ3) is 11.1. The van der Waals surface area contributed by atoms with E-state index in [0.29, 0.717) is 31.7 Å². The number of aromatic amines is 1. The minimum atomic E-state index is -4.41. The van der Waals surface area contributed by atoms with E-state index >= 15 is 0 Å². The smallest absolute Gasteiger partial charge is 0.416 e. The lowest BCUT2D eigenvalue weighted by Crippen LogP contribution is -2.59. The minimum Gasteiger partial charge on any atom is -0.490 e. The van der Waals surface area contributed by atoms with Crippen LogP contribution in [0.3, 0.4) is 0 Å². The summed E-state index contributed by atoms with van der Waals surface area (Å²) in [5, 5.41) is 48.7. The number of rotatable bonds is 17. The third-order valence-electron chi connectivity index (χ3n) is 10.9. The van der Waals surface area contributed by atoms with Crippen LogP contribution in [0.4, 0.5) is 18.9 Å². The number of anilines is 1. The van der Waals surface area contributed by atoms with Crippen LogP contribution in [-0.4, -0.2) is 129 Å². The molecule has 11 N–H and O–H groups in total. The van der Waals surface area contributed by atoms with Crippen LogP contribution >= 0.6 is 0 Å². The van der Waals surface area contributed by atoms with Crippen molar-refractivity contribution >= 4 is 17.5 Å². The van der Waals surface area contributed by atoms with E-state index in [1.165, 1.54) is 12.1 Å². The summed E-state index contributed by atoms with van der Waals surface area (Å²) >= 11 is 0. The number of benzene rings is 2. The number of H-pyrrole nitrogens is 1. The molecule has 19 nitrogen and oxygen atoms in total. The fraction of sp³-hybridized carbons (Fsp3) is 0.538. The molecule has 6 rings (SSSR count). The van der Waals surface area contributed by atoms with Gasteiger partial charge in [-0.3, -0.25) is 23.9 Å². The fourth-order valence-electron chi connectivity index (χ4n) is 7.48. The number of carbonyl (C=O) groups is 2. The Bertz CT molecular complexity index is 2050. The molecule has 0 aliphatic carbocycles. The summed E-state index contributed by atoms with van der Waals surface area (Å²) in [6.07, 6.45) is -16.1. The van der Waals surface area contributed by atoms with Gasteiger partial charge in [-0.15, -0.1) is 0 Å². The number of piperidine rings is 1. The lowest BCUT2D eigenvalue weighted by atomic mass is 9.98. The molecule has 3 fully saturated rings. The van der Waals surface area contributed by atoms with Crippen molar-refractivity contribution in [2.75, 3.05) is 31.1 Å². The van der Waals surface area contributed by atoms with Crippen LogP contribution in [-0.2, 0) is 36.5 Å². The molecule has 3 saturated heterocycles. The van der Waals surface area contributed by atoms with Crippen molar-refractivity contribution in [1.29, 1.82) is 0 Å². The van der Waals surface area contributed by atoms with Gasteiger partial charge in [-0.1, -0.05) is 12.1 Å². The fourth-order valence-corrected chi connectivity index (χ4v) is 7.48. The molecule has 2 amide bonds. The van der Waals surface area contributed by atoms with Gasteiger partial charge in [0.25, 0.3) is 5.56 Å². The van der Waals surface area contributed by atoms with Crippen molar-refractivity contribution in [3.05, 3.63) is 92.8 Å². The molecular formula is C39H50F3N7O12. The number of halogens is 3. The number of hydrogen-bond acceptors (Lipinski definition) is 15. The second-order valence-electron chi connectivity index (χ2n) is 15.1. The van der Waals surface area contributed by atoms with Gasteiger partial charge in [-0.25, -0.2) is 4.79 Å². The summed E-state index contributed by atoms with van der Waals surface area (Å²) in [7, 11) is 0. The van der Waals surface area contributed by atoms with Gasteiger partial charge in [-0.2, -0.15) is 13.2 Å². The number of aromatic nitrogens is 2. The Morgan fingerprint density at radius 3 is 2.23 bits per heavy atom. The average molecular weight is 866 g/mol. The van der Waals surface area contributed by atoms with Crippen LogP contribution in [0.25, 0.3) is 0 Å².